The van der Waals surface area contributed by atoms with E-state index >= 15 is 0 Å². The topological polar surface area (TPSA) is 57.6 Å². The van der Waals surface area contributed by atoms with E-state index in [4.69, 9.17) is 5.11 Å². The van der Waals surface area contributed by atoms with Gasteiger partial charge >= 0.3 is 5.97 Å². The van der Waals surface area contributed by atoms with E-state index in [0.29, 0.717) is 0 Å². The molecule has 0 spiro atoms. The van der Waals surface area contributed by atoms with Crippen LogP contribution in [0.1, 0.15) is 23.2 Å². The molecule has 0 heterocycles. The van der Waals surface area contributed by atoms with Crippen molar-refractivity contribution in [2.45, 2.75) is 12.8 Å². The number of carboxylic acids is 1. The Kier molecular flexibility index (Phi) is 2.64. The van der Waals surface area contributed by atoms with Gasteiger partial charge in [-0.3, -0.25) is 4.79 Å². The van der Waals surface area contributed by atoms with Crippen LogP contribution in [0, 0.1) is 5.92 Å². The van der Waals surface area contributed by atoms with Crippen LogP contribution >= 0.6 is 0 Å². The molecule has 0 bridgehead atoms. The van der Waals surface area contributed by atoms with Gasteiger partial charge in [0, 0.05) is 18.7 Å². The number of hydrogen-bond acceptors (Lipinski definition) is 2. The molecule has 0 unspecified atom stereocenters. The lowest BCUT2D eigenvalue weighted by atomic mass is 10.2. The number of amides is 1. The highest BCUT2D eigenvalue weighted by atomic mass is 16.4. The second-order valence-electron chi connectivity index (χ2n) is 4.02. The minimum absolute atomic E-state index is 0.114. The van der Waals surface area contributed by atoms with E-state index in [9.17, 15) is 9.59 Å². The maximum absolute atomic E-state index is 11.7. The van der Waals surface area contributed by atoms with Crippen LogP contribution in [-0.2, 0) is 4.79 Å². The first-order valence-corrected chi connectivity index (χ1v) is 5.20. The zero-order valence-electron chi connectivity index (χ0n) is 9.01. The van der Waals surface area contributed by atoms with Crippen LogP contribution in [0.25, 0.3) is 0 Å². The second kappa shape index (κ2) is 3.96. The Morgan fingerprint density at radius 3 is 2.25 bits per heavy atom. The van der Waals surface area contributed by atoms with Gasteiger partial charge in [0.15, 0.2) is 0 Å². The smallest absolute Gasteiger partial charge is 0.335 e. The Morgan fingerprint density at radius 1 is 1.25 bits per heavy atom. The molecular weight excluding hydrogens is 206 g/mol. The van der Waals surface area contributed by atoms with Crippen LogP contribution in [0.2, 0.25) is 0 Å². The largest absolute Gasteiger partial charge is 0.478 e. The van der Waals surface area contributed by atoms with Crippen molar-refractivity contribution in [3.8, 4) is 0 Å². The van der Waals surface area contributed by atoms with E-state index in [0.717, 1.165) is 18.5 Å². The van der Waals surface area contributed by atoms with Gasteiger partial charge in [-0.25, -0.2) is 4.79 Å². The van der Waals surface area contributed by atoms with Crippen molar-refractivity contribution in [2.24, 2.45) is 5.92 Å². The minimum atomic E-state index is -0.956. The lowest BCUT2D eigenvalue weighted by molar-refractivity contribution is -0.119. The molecule has 0 radical (unpaired) electrons. The maximum atomic E-state index is 11.7. The van der Waals surface area contributed by atoms with Crippen LogP contribution < -0.4 is 4.90 Å². The van der Waals surface area contributed by atoms with E-state index in [-0.39, 0.29) is 17.4 Å². The molecule has 0 atom stereocenters. The molecule has 1 amide bonds. The van der Waals surface area contributed by atoms with Gasteiger partial charge in [-0.05, 0) is 37.1 Å². The molecule has 0 saturated heterocycles. The van der Waals surface area contributed by atoms with Crippen LogP contribution in [0.5, 0.6) is 0 Å². The van der Waals surface area contributed by atoms with Gasteiger partial charge in [-0.1, -0.05) is 0 Å². The number of anilines is 1. The zero-order chi connectivity index (χ0) is 11.7. The third-order valence-electron chi connectivity index (χ3n) is 2.76. The fourth-order valence-electron chi connectivity index (χ4n) is 1.56. The van der Waals surface area contributed by atoms with E-state index in [1.807, 2.05) is 0 Å². The molecule has 2 rings (SSSR count). The fraction of sp³-hybridized carbons (Fsp3) is 0.333. The number of hydrogen-bond donors (Lipinski definition) is 1. The molecule has 0 aromatic heterocycles. The molecule has 16 heavy (non-hydrogen) atoms. The molecule has 0 aliphatic heterocycles. The number of aromatic carboxylic acids is 1. The van der Waals surface area contributed by atoms with Gasteiger partial charge < -0.3 is 10.0 Å². The number of carbonyl (C=O) groups excluding carboxylic acids is 1. The lowest BCUT2D eigenvalue weighted by Crippen LogP contribution is -2.27. The Balaban J connectivity index is 2.14. The average Bonchev–Trinajstić information content (AvgIpc) is 3.11. The Bertz CT molecular complexity index is 420. The summed E-state index contributed by atoms with van der Waals surface area (Å²) in [6, 6.07) is 6.33. The molecule has 84 valence electrons. The van der Waals surface area contributed by atoms with Gasteiger partial charge in [-0.2, -0.15) is 0 Å². The first kappa shape index (κ1) is 10.7. The van der Waals surface area contributed by atoms with Crippen molar-refractivity contribution in [3.63, 3.8) is 0 Å². The summed E-state index contributed by atoms with van der Waals surface area (Å²) < 4.78 is 0. The fourth-order valence-corrected chi connectivity index (χ4v) is 1.56. The van der Waals surface area contributed by atoms with Gasteiger partial charge in [0.05, 0.1) is 5.56 Å². The van der Waals surface area contributed by atoms with Crippen molar-refractivity contribution in [1.29, 1.82) is 0 Å². The number of carboxylic acid groups (broad SMARTS) is 1. The van der Waals surface area contributed by atoms with Crippen LogP contribution in [-0.4, -0.2) is 24.0 Å². The van der Waals surface area contributed by atoms with E-state index in [1.165, 1.54) is 12.1 Å². The molecular formula is C12H13NO3. The Hall–Kier alpha value is -1.84. The summed E-state index contributed by atoms with van der Waals surface area (Å²) in [6.45, 7) is 0. The summed E-state index contributed by atoms with van der Waals surface area (Å²) in [7, 11) is 1.72. The third-order valence-corrected chi connectivity index (χ3v) is 2.76. The Morgan fingerprint density at radius 2 is 1.81 bits per heavy atom. The summed E-state index contributed by atoms with van der Waals surface area (Å²) in [5.74, 6) is -0.671. The minimum Gasteiger partial charge on any atom is -0.478 e. The summed E-state index contributed by atoms with van der Waals surface area (Å²) in [4.78, 5) is 24.0. The summed E-state index contributed by atoms with van der Waals surface area (Å²) in [5, 5.41) is 8.74. The standard InChI is InChI=1S/C12H13NO3/c1-13(11(14)8-2-3-8)10-6-4-9(5-7-10)12(15)16/h4-8H,2-3H2,1H3,(H,15,16). The van der Waals surface area contributed by atoms with Crippen molar-refractivity contribution in [2.75, 3.05) is 11.9 Å². The number of carbonyl (C=O) groups is 2. The highest BCUT2D eigenvalue weighted by Gasteiger charge is 2.32. The van der Waals surface area contributed by atoms with Gasteiger partial charge in [0.2, 0.25) is 5.91 Å². The molecule has 4 nitrogen and oxygen atoms in total. The number of benzene rings is 1. The predicted molar refractivity (Wildman–Crippen MR) is 59.5 cm³/mol. The molecule has 1 aromatic rings. The van der Waals surface area contributed by atoms with E-state index in [2.05, 4.69) is 0 Å². The molecule has 4 heteroatoms. The van der Waals surface area contributed by atoms with Crippen LogP contribution in [0.4, 0.5) is 5.69 Å². The highest BCUT2D eigenvalue weighted by Crippen LogP contribution is 2.32. The predicted octanol–water partition coefficient (Wildman–Crippen LogP) is 1.76. The summed E-state index contributed by atoms with van der Waals surface area (Å²) in [6.07, 6.45) is 1.94. The van der Waals surface area contributed by atoms with Crippen molar-refractivity contribution >= 4 is 17.6 Å². The summed E-state index contributed by atoms with van der Waals surface area (Å²) >= 11 is 0. The molecule has 1 N–H and O–H groups in total. The Labute approximate surface area is 93.5 Å². The quantitative estimate of drug-likeness (QED) is 0.842. The highest BCUT2D eigenvalue weighted by molar-refractivity contribution is 5.96. The second-order valence-corrected chi connectivity index (χ2v) is 4.02. The maximum Gasteiger partial charge on any atom is 0.335 e. The monoisotopic (exact) mass is 219 g/mol. The van der Waals surface area contributed by atoms with Crippen LogP contribution in [0.3, 0.4) is 0 Å². The number of nitrogens with zero attached hydrogens (tertiary/aromatic N) is 1. The summed E-state index contributed by atoms with van der Waals surface area (Å²) in [5.41, 5.74) is 0.970. The molecule has 1 saturated carbocycles. The van der Waals surface area contributed by atoms with Crippen molar-refractivity contribution < 1.29 is 14.7 Å². The molecule has 1 aliphatic carbocycles. The SMILES string of the molecule is CN(C(=O)C1CC1)c1ccc(C(=O)O)cc1. The molecule has 1 aromatic carbocycles. The van der Waals surface area contributed by atoms with E-state index < -0.39 is 5.97 Å². The first-order chi connectivity index (χ1) is 7.59. The zero-order valence-corrected chi connectivity index (χ0v) is 9.01. The molecule has 1 fully saturated rings. The third kappa shape index (κ3) is 2.05. The molecule has 1 aliphatic rings. The van der Waals surface area contributed by atoms with Gasteiger partial charge in [-0.15, -0.1) is 0 Å². The van der Waals surface area contributed by atoms with Gasteiger partial charge in [0.25, 0.3) is 0 Å². The van der Waals surface area contributed by atoms with Crippen LogP contribution in [0.15, 0.2) is 24.3 Å². The van der Waals surface area contributed by atoms with E-state index in [1.54, 1.807) is 24.1 Å². The van der Waals surface area contributed by atoms with Crippen molar-refractivity contribution in [1.82, 2.24) is 0 Å². The lowest BCUT2D eigenvalue weighted by Gasteiger charge is -2.17. The normalized spacial score (nSPS) is 14.6. The van der Waals surface area contributed by atoms with Gasteiger partial charge in [0.1, 0.15) is 0 Å². The first-order valence-electron chi connectivity index (χ1n) is 5.20. The van der Waals surface area contributed by atoms with Crippen molar-refractivity contribution in [3.05, 3.63) is 29.8 Å². The average molecular weight is 219 g/mol. The number of rotatable bonds is 3.